The van der Waals surface area contributed by atoms with Gasteiger partial charge in [-0.25, -0.2) is 4.39 Å². The number of phenolic OH excluding ortho intramolecular Hbond substituents is 1. The molecule has 0 aromatic heterocycles. The smallest absolute Gasteiger partial charge is 0.126 e. The number of aromatic hydroxyl groups is 1. The van der Waals surface area contributed by atoms with Crippen molar-refractivity contribution in [2.75, 3.05) is 0 Å². The van der Waals surface area contributed by atoms with E-state index in [2.05, 4.69) is 0 Å². The minimum atomic E-state index is -0.452. The summed E-state index contributed by atoms with van der Waals surface area (Å²) in [6.45, 7) is 5.92. The molecule has 14 heavy (non-hydrogen) atoms. The van der Waals surface area contributed by atoms with Gasteiger partial charge in [0.25, 0.3) is 0 Å². The molecule has 0 aliphatic rings. The van der Waals surface area contributed by atoms with Gasteiger partial charge in [-0.2, -0.15) is 0 Å². The number of hydrogen-bond donors (Lipinski definition) is 2. The summed E-state index contributed by atoms with van der Waals surface area (Å²) < 4.78 is 12.7. The SMILES string of the molecule is CC(C)(C)C(N)c1ccc(F)cc1O. The van der Waals surface area contributed by atoms with Gasteiger partial charge in [0, 0.05) is 17.7 Å². The van der Waals surface area contributed by atoms with Gasteiger partial charge in [-0.1, -0.05) is 26.8 Å². The molecule has 0 bridgehead atoms. The standard InChI is InChI=1S/C11H16FNO/c1-11(2,3)10(13)8-5-4-7(12)6-9(8)14/h4-6,10,14H,13H2,1-3H3. The molecule has 0 aliphatic heterocycles. The van der Waals surface area contributed by atoms with E-state index in [4.69, 9.17) is 5.73 Å². The Bertz CT molecular complexity index is 331. The van der Waals surface area contributed by atoms with Crippen LogP contribution in [0.1, 0.15) is 32.4 Å². The molecule has 0 amide bonds. The zero-order valence-electron chi connectivity index (χ0n) is 8.71. The predicted octanol–water partition coefficient (Wildman–Crippen LogP) is 2.58. The topological polar surface area (TPSA) is 46.2 Å². The molecule has 0 aliphatic carbocycles. The maximum atomic E-state index is 12.7. The molecule has 1 rings (SSSR count). The third-order valence-corrected chi connectivity index (χ3v) is 2.26. The Kier molecular flexibility index (Phi) is 2.81. The first-order valence-electron chi connectivity index (χ1n) is 4.56. The summed E-state index contributed by atoms with van der Waals surface area (Å²) >= 11 is 0. The number of phenols is 1. The molecule has 1 aromatic rings. The molecule has 0 heterocycles. The first kappa shape index (κ1) is 11.0. The zero-order valence-corrected chi connectivity index (χ0v) is 8.71. The van der Waals surface area contributed by atoms with Crippen LogP contribution >= 0.6 is 0 Å². The second kappa shape index (κ2) is 3.58. The lowest BCUT2D eigenvalue weighted by Gasteiger charge is -2.27. The van der Waals surface area contributed by atoms with Crippen LogP contribution in [0.5, 0.6) is 5.75 Å². The van der Waals surface area contributed by atoms with E-state index in [1.807, 2.05) is 20.8 Å². The number of benzene rings is 1. The highest BCUT2D eigenvalue weighted by Gasteiger charge is 2.24. The van der Waals surface area contributed by atoms with Crippen molar-refractivity contribution in [2.24, 2.45) is 11.1 Å². The average Bonchev–Trinajstić information content (AvgIpc) is 2.01. The van der Waals surface area contributed by atoms with Crippen LogP contribution in [0.3, 0.4) is 0 Å². The summed E-state index contributed by atoms with van der Waals surface area (Å²) in [5, 5.41) is 9.51. The van der Waals surface area contributed by atoms with Crippen molar-refractivity contribution in [2.45, 2.75) is 26.8 Å². The highest BCUT2D eigenvalue weighted by molar-refractivity contribution is 5.35. The molecule has 0 spiro atoms. The van der Waals surface area contributed by atoms with Gasteiger partial charge in [-0.15, -0.1) is 0 Å². The van der Waals surface area contributed by atoms with Crippen LogP contribution in [-0.4, -0.2) is 5.11 Å². The Labute approximate surface area is 83.6 Å². The second-order valence-electron chi connectivity index (χ2n) is 4.55. The van der Waals surface area contributed by atoms with Crippen molar-refractivity contribution in [3.8, 4) is 5.75 Å². The molecule has 1 unspecified atom stereocenters. The molecule has 3 N–H and O–H groups in total. The van der Waals surface area contributed by atoms with Crippen molar-refractivity contribution < 1.29 is 9.50 Å². The van der Waals surface area contributed by atoms with Crippen molar-refractivity contribution in [1.82, 2.24) is 0 Å². The molecular formula is C11H16FNO. The normalized spacial score (nSPS) is 14.1. The van der Waals surface area contributed by atoms with Crippen molar-refractivity contribution in [3.05, 3.63) is 29.6 Å². The number of nitrogens with two attached hydrogens (primary N) is 1. The van der Waals surface area contributed by atoms with E-state index >= 15 is 0 Å². The maximum absolute atomic E-state index is 12.7. The predicted molar refractivity (Wildman–Crippen MR) is 54.4 cm³/mol. The lowest BCUT2D eigenvalue weighted by atomic mass is 9.83. The zero-order chi connectivity index (χ0) is 10.9. The van der Waals surface area contributed by atoms with Crippen LogP contribution in [0.4, 0.5) is 4.39 Å². The van der Waals surface area contributed by atoms with Gasteiger partial charge in [0.1, 0.15) is 11.6 Å². The van der Waals surface area contributed by atoms with Crippen LogP contribution in [0.2, 0.25) is 0 Å². The minimum Gasteiger partial charge on any atom is -0.508 e. The van der Waals surface area contributed by atoms with E-state index in [0.717, 1.165) is 6.07 Å². The quantitative estimate of drug-likeness (QED) is 0.726. The van der Waals surface area contributed by atoms with Gasteiger partial charge >= 0.3 is 0 Å². The summed E-state index contributed by atoms with van der Waals surface area (Å²) in [5.74, 6) is -0.528. The average molecular weight is 197 g/mol. The third-order valence-electron chi connectivity index (χ3n) is 2.26. The van der Waals surface area contributed by atoms with Gasteiger partial charge in [-0.3, -0.25) is 0 Å². The Balaban J connectivity index is 3.08. The molecule has 1 atom stereocenters. The van der Waals surface area contributed by atoms with Crippen LogP contribution < -0.4 is 5.73 Å². The molecule has 0 saturated carbocycles. The molecule has 78 valence electrons. The first-order chi connectivity index (χ1) is 6.32. The molecule has 0 radical (unpaired) electrons. The Morgan fingerprint density at radius 3 is 2.36 bits per heavy atom. The molecule has 2 nitrogen and oxygen atoms in total. The van der Waals surface area contributed by atoms with E-state index in [-0.39, 0.29) is 17.2 Å². The van der Waals surface area contributed by atoms with Crippen LogP contribution in [0, 0.1) is 11.2 Å². The van der Waals surface area contributed by atoms with E-state index in [1.54, 1.807) is 0 Å². The summed E-state index contributed by atoms with van der Waals surface area (Å²) in [5.41, 5.74) is 6.37. The highest BCUT2D eigenvalue weighted by Crippen LogP contribution is 2.35. The summed E-state index contributed by atoms with van der Waals surface area (Å²) in [4.78, 5) is 0. The molecule has 0 saturated heterocycles. The van der Waals surface area contributed by atoms with Crippen LogP contribution in [0.15, 0.2) is 18.2 Å². The van der Waals surface area contributed by atoms with Gasteiger partial charge < -0.3 is 10.8 Å². The van der Waals surface area contributed by atoms with E-state index in [1.165, 1.54) is 12.1 Å². The van der Waals surface area contributed by atoms with Gasteiger partial charge in [-0.05, 0) is 11.5 Å². The number of halogens is 1. The summed E-state index contributed by atoms with van der Waals surface area (Å²) in [7, 11) is 0. The van der Waals surface area contributed by atoms with Gasteiger partial charge in [0.15, 0.2) is 0 Å². The molecule has 3 heteroatoms. The molecule has 1 aromatic carbocycles. The Hall–Kier alpha value is -1.09. The fraction of sp³-hybridized carbons (Fsp3) is 0.455. The third kappa shape index (κ3) is 2.23. The maximum Gasteiger partial charge on any atom is 0.126 e. The van der Waals surface area contributed by atoms with Gasteiger partial charge in [0.05, 0.1) is 0 Å². The monoisotopic (exact) mass is 197 g/mol. The fourth-order valence-corrected chi connectivity index (χ4v) is 1.25. The van der Waals surface area contributed by atoms with Crippen molar-refractivity contribution in [1.29, 1.82) is 0 Å². The molecule has 0 fully saturated rings. The van der Waals surface area contributed by atoms with Crippen molar-refractivity contribution in [3.63, 3.8) is 0 Å². The second-order valence-corrected chi connectivity index (χ2v) is 4.55. The van der Waals surface area contributed by atoms with Gasteiger partial charge in [0.2, 0.25) is 0 Å². The Morgan fingerprint density at radius 2 is 1.93 bits per heavy atom. The van der Waals surface area contributed by atoms with Crippen molar-refractivity contribution >= 4 is 0 Å². The van der Waals surface area contributed by atoms with E-state index < -0.39 is 5.82 Å². The largest absolute Gasteiger partial charge is 0.508 e. The van der Waals surface area contributed by atoms with Crippen LogP contribution in [-0.2, 0) is 0 Å². The number of hydrogen-bond acceptors (Lipinski definition) is 2. The van der Waals surface area contributed by atoms with E-state index in [0.29, 0.717) is 5.56 Å². The summed E-state index contributed by atoms with van der Waals surface area (Å²) in [6, 6.07) is 3.62. The minimum absolute atomic E-state index is 0.0765. The van der Waals surface area contributed by atoms with Crippen LogP contribution in [0.25, 0.3) is 0 Å². The first-order valence-corrected chi connectivity index (χ1v) is 4.56. The number of rotatable bonds is 1. The fourth-order valence-electron chi connectivity index (χ4n) is 1.25. The Morgan fingerprint density at radius 1 is 1.36 bits per heavy atom. The molecular weight excluding hydrogens is 181 g/mol. The summed E-state index contributed by atoms with van der Waals surface area (Å²) in [6.07, 6.45) is 0. The lowest BCUT2D eigenvalue weighted by molar-refractivity contribution is 0.317. The lowest BCUT2D eigenvalue weighted by Crippen LogP contribution is -2.26. The highest BCUT2D eigenvalue weighted by atomic mass is 19.1. The van der Waals surface area contributed by atoms with E-state index in [9.17, 15) is 9.50 Å².